The predicted octanol–water partition coefficient (Wildman–Crippen LogP) is -0.765. The maximum Gasteiger partial charge on any atom is 0.251 e. The van der Waals surface area contributed by atoms with Crippen LogP contribution >= 0.6 is 0 Å². The molecule has 0 aromatic rings. The summed E-state index contributed by atoms with van der Waals surface area (Å²) >= 11 is 0. The van der Waals surface area contributed by atoms with Gasteiger partial charge in [0.25, 0.3) is 5.91 Å². The average molecular weight is 241 g/mol. The van der Waals surface area contributed by atoms with Crippen LogP contribution in [0.5, 0.6) is 0 Å². The molecule has 0 aliphatic carbocycles. The number of rotatable bonds is 4. The number of nitrogens with two attached hydrogens (primary N) is 1. The predicted molar refractivity (Wildman–Crippen MR) is 61.8 cm³/mol. The molecule has 6 nitrogen and oxygen atoms in total. The van der Waals surface area contributed by atoms with E-state index in [1.165, 1.54) is 7.05 Å². The summed E-state index contributed by atoms with van der Waals surface area (Å²) in [4.78, 5) is 35.8. The number of carbonyl (C=O) groups excluding carboxylic acids is 3. The van der Waals surface area contributed by atoms with Gasteiger partial charge in [0.1, 0.15) is 6.04 Å². The van der Waals surface area contributed by atoms with Gasteiger partial charge in [-0.2, -0.15) is 0 Å². The van der Waals surface area contributed by atoms with Gasteiger partial charge < -0.3 is 11.1 Å². The van der Waals surface area contributed by atoms with E-state index in [2.05, 4.69) is 5.32 Å². The number of hydrogen-bond donors (Lipinski definition) is 2. The number of imide groups is 1. The SMILES string of the molecule is CCC(CN)C(=O)NC1CCC(=O)N(C)C1=O. The van der Waals surface area contributed by atoms with E-state index >= 15 is 0 Å². The van der Waals surface area contributed by atoms with Crippen molar-refractivity contribution in [2.75, 3.05) is 13.6 Å². The highest BCUT2D eigenvalue weighted by atomic mass is 16.2. The number of nitrogens with one attached hydrogen (secondary N) is 1. The lowest BCUT2D eigenvalue weighted by atomic mass is 10.0. The van der Waals surface area contributed by atoms with Gasteiger partial charge >= 0.3 is 0 Å². The maximum atomic E-state index is 11.8. The summed E-state index contributed by atoms with van der Waals surface area (Å²) in [5, 5.41) is 2.66. The Morgan fingerprint density at radius 2 is 2.24 bits per heavy atom. The molecule has 6 heteroatoms. The molecule has 3 amide bonds. The summed E-state index contributed by atoms with van der Waals surface area (Å²) in [7, 11) is 1.43. The van der Waals surface area contributed by atoms with Crippen molar-refractivity contribution in [3.8, 4) is 0 Å². The molecule has 0 saturated carbocycles. The average Bonchev–Trinajstić information content (AvgIpc) is 2.31. The highest BCUT2D eigenvalue weighted by Gasteiger charge is 2.33. The van der Waals surface area contributed by atoms with Crippen molar-refractivity contribution in [2.45, 2.75) is 32.2 Å². The van der Waals surface area contributed by atoms with Crippen molar-refractivity contribution in [3.05, 3.63) is 0 Å². The number of hydrogen-bond acceptors (Lipinski definition) is 4. The Balaban J connectivity index is 2.60. The zero-order valence-electron chi connectivity index (χ0n) is 10.2. The fourth-order valence-electron chi connectivity index (χ4n) is 1.80. The molecule has 96 valence electrons. The molecule has 1 fully saturated rings. The largest absolute Gasteiger partial charge is 0.344 e. The molecule has 2 atom stereocenters. The number of carbonyl (C=O) groups is 3. The molecule has 0 radical (unpaired) electrons. The molecule has 1 heterocycles. The first-order valence-electron chi connectivity index (χ1n) is 5.82. The van der Waals surface area contributed by atoms with Gasteiger partial charge in [0.2, 0.25) is 11.8 Å². The third-order valence-electron chi connectivity index (χ3n) is 3.11. The molecule has 1 saturated heterocycles. The quantitative estimate of drug-likeness (QED) is 0.632. The second kappa shape index (κ2) is 5.77. The van der Waals surface area contributed by atoms with Crippen LogP contribution in [0.4, 0.5) is 0 Å². The topological polar surface area (TPSA) is 92.5 Å². The molecule has 1 aliphatic rings. The van der Waals surface area contributed by atoms with Crippen molar-refractivity contribution in [2.24, 2.45) is 11.7 Å². The third kappa shape index (κ3) is 3.03. The Kier molecular flexibility index (Phi) is 4.62. The molecule has 17 heavy (non-hydrogen) atoms. The van der Waals surface area contributed by atoms with Gasteiger partial charge in [-0.25, -0.2) is 0 Å². The number of piperidine rings is 1. The molecule has 1 aliphatic heterocycles. The maximum absolute atomic E-state index is 11.8. The summed E-state index contributed by atoms with van der Waals surface area (Å²) in [5.74, 6) is -1.03. The van der Waals surface area contributed by atoms with Crippen LogP contribution < -0.4 is 11.1 Å². The van der Waals surface area contributed by atoms with Crippen LogP contribution in [0.15, 0.2) is 0 Å². The number of nitrogens with zero attached hydrogens (tertiary/aromatic N) is 1. The zero-order chi connectivity index (χ0) is 13.0. The first-order chi connectivity index (χ1) is 8.01. The monoisotopic (exact) mass is 241 g/mol. The Bertz CT molecular complexity index is 326. The standard InChI is InChI=1S/C11H19N3O3/c1-3-7(6-12)10(16)13-8-4-5-9(15)14(2)11(8)17/h7-8H,3-6,12H2,1-2H3,(H,13,16). The van der Waals surface area contributed by atoms with E-state index in [0.29, 0.717) is 12.8 Å². The van der Waals surface area contributed by atoms with E-state index in [-0.39, 0.29) is 36.6 Å². The van der Waals surface area contributed by atoms with E-state index in [0.717, 1.165) is 4.90 Å². The van der Waals surface area contributed by atoms with Crippen LogP contribution in [0.2, 0.25) is 0 Å². The summed E-state index contributed by atoms with van der Waals surface area (Å²) in [6.07, 6.45) is 1.29. The van der Waals surface area contributed by atoms with Gasteiger partial charge in [0, 0.05) is 25.9 Å². The van der Waals surface area contributed by atoms with E-state index in [4.69, 9.17) is 5.73 Å². The van der Waals surface area contributed by atoms with E-state index in [9.17, 15) is 14.4 Å². The molecule has 0 aromatic heterocycles. The molecule has 3 N–H and O–H groups in total. The van der Waals surface area contributed by atoms with Crippen LogP contribution in [0.25, 0.3) is 0 Å². The normalized spacial score (nSPS) is 22.5. The fourth-order valence-corrected chi connectivity index (χ4v) is 1.80. The van der Waals surface area contributed by atoms with E-state index in [1.807, 2.05) is 6.92 Å². The summed E-state index contributed by atoms with van der Waals surface area (Å²) in [6, 6.07) is -0.592. The van der Waals surface area contributed by atoms with Gasteiger partial charge in [-0.1, -0.05) is 6.92 Å². The van der Waals surface area contributed by atoms with Crippen molar-refractivity contribution in [1.29, 1.82) is 0 Å². The van der Waals surface area contributed by atoms with Gasteiger partial charge in [-0.15, -0.1) is 0 Å². The Labute approximate surface area is 101 Å². The van der Waals surface area contributed by atoms with E-state index in [1.54, 1.807) is 0 Å². The lowest BCUT2D eigenvalue weighted by molar-refractivity contribution is -0.149. The number of amides is 3. The molecule has 0 spiro atoms. The Morgan fingerprint density at radius 3 is 2.76 bits per heavy atom. The summed E-state index contributed by atoms with van der Waals surface area (Å²) in [6.45, 7) is 2.13. The molecule has 0 bridgehead atoms. The van der Waals surface area contributed by atoms with Crippen LogP contribution in [0.3, 0.4) is 0 Å². The van der Waals surface area contributed by atoms with Gasteiger partial charge in [-0.3, -0.25) is 19.3 Å². The van der Waals surface area contributed by atoms with Crippen molar-refractivity contribution in [1.82, 2.24) is 10.2 Å². The van der Waals surface area contributed by atoms with E-state index < -0.39 is 6.04 Å². The minimum absolute atomic E-state index is 0.202. The Hall–Kier alpha value is -1.43. The molecular formula is C11H19N3O3. The minimum Gasteiger partial charge on any atom is -0.344 e. The van der Waals surface area contributed by atoms with Crippen molar-refractivity contribution < 1.29 is 14.4 Å². The van der Waals surface area contributed by atoms with Gasteiger partial charge in [0.05, 0.1) is 0 Å². The first-order valence-corrected chi connectivity index (χ1v) is 5.82. The zero-order valence-corrected chi connectivity index (χ0v) is 10.2. The summed E-state index contributed by atoms with van der Waals surface area (Å²) < 4.78 is 0. The number of likely N-dealkylation sites (tertiary alicyclic amines) is 1. The van der Waals surface area contributed by atoms with Crippen molar-refractivity contribution >= 4 is 17.7 Å². The van der Waals surface area contributed by atoms with Gasteiger partial charge in [-0.05, 0) is 12.8 Å². The highest BCUT2D eigenvalue weighted by molar-refractivity contribution is 6.01. The molecule has 0 aromatic carbocycles. The summed E-state index contributed by atoms with van der Waals surface area (Å²) in [5.41, 5.74) is 5.46. The van der Waals surface area contributed by atoms with Crippen LogP contribution in [-0.2, 0) is 14.4 Å². The Morgan fingerprint density at radius 1 is 1.59 bits per heavy atom. The lowest BCUT2D eigenvalue weighted by Crippen LogP contribution is -2.54. The fraction of sp³-hybridized carbons (Fsp3) is 0.727. The second-order valence-corrected chi connectivity index (χ2v) is 4.23. The molecule has 2 unspecified atom stereocenters. The smallest absolute Gasteiger partial charge is 0.251 e. The molecule has 1 rings (SSSR count). The first kappa shape index (κ1) is 13.6. The molecular weight excluding hydrogens is 222 g/mol. The highest BCUT2D eigenvalue weighted by Crippen LogP contribution is 2.12. The van der Waals surface area contributed by atoms with Gasteiger partial charge in [0.15, 0.2) is 0 Å². The number of likely N-dealkylation sites (N-methyl/N-ethyl adjacent to an activating group) is 1. The van der Waals surface area contributed by atoms with Crippen molar-refractivity contribution in [3.63, 3.8) is 0 Å². The van der Waals surface area contributed by atoms with Crippen LogP contribution in [0, 0.1) is 5.92 Å². The van der Waals surface area contributed by atoms with Crippen LogP contribution in [-0.4, -0.2) is 42.3 Å². The van der Waals surface area contributed by atoms with Crippen LogP contribution in [0.1, 0.15) is 26.2 Å². The second-order valence-electron chi connectivity index (χ2n) is 4.23. The minimum atomic E-state index is -0.592. The third-order valence-corrected chi connectivity index (χ3v) is 3.11. The lowest BCUT2D eigenvalue weighted by Gasteiger charge is -2.29.